The number of esters is 1. The van der Waals surface area contributed by atoms with Gasteiger partial charge in [-0.3, -0.25) is 4.79 Å². The number of hydrogen-bond donors (Lipinski definition) is 1. The van der Waals surface area contributed by atoms with Crippen LogP contribution < -0.4 is 5.32 Å². The van der Waals surface area contributed by atoms with Gasteiger partial charge in [0.15, 0.2) is 12.7 Å². The molecule has 21 heavy (non-hydrogen) atoms. The van der Waals surface area contributed by atoms with Crippen LogP contribution in [0.2, 0.25) is 0 Å². The van der Waals surface area contributed by atoms with Crippen molar-refractivity contribution in [2.24, 2.45) is 0 Å². The number of nitrogens with one attached hydrogen (secondary N) is 1. The van der Waals surface area contributed by atoms with Crippen molar-refractivity contribution in [2.45, 2.75) is 31.9 Å². The summed E-state index contributed by atoms with van der Waals surface area (Å²) >= 11 is 3.36. The van der Waals surface area contributed by atoms with E-state index in [1.165, 1.54) is 0 Å². The van der Waals surface area contributed by atoms with Gasteiger partial charge in [-0.2, -0.15) is 0 Å². The Kier molecular flexibility index (Phi) is 5.76. The van der Waals surface area contributed by atoms with Crippen LogP contribution in [0.4, 0.5) is 0 Å². The molecule has 0 aliphatic carbocycles. The summed E-state index contributed by atoms with van der Waals surface area (Å²) in [6.45, 7) is 2.18. The molecular weight excluding hydrogens is 338 g/mol. The van der Waals surface area contributed by atoms with Gasteiger partial charge in [-0.25, -0.2) is 4.79 Å². The van der Waals surface area contributed by atoms with E-state index in [9.17, 15) is 9.59 Å². The Hall–Kier alpha value is -1.40. The standard InChI is InChI=1S/C15H18BrNO4/c1-10(11-4-6-12(16)7-5-11)17-14(18)9-21-15(19)13-3-2-8-20-13/h4-7,10,13H,2-3,8-9H2,1H3,(H,17,18)/t10-,13+/m1/s1. The van der Waals surface area contributed by atoms with E-state index in [-0.39, 0.29) is 18.6 Å². The van der Waals surface area contributed by atoms with Crippen molar-refractivity contribution in [1.82, 2.24) is 5.32 Å². The van der Waals surface area contributed by atoms with E-state index in [2.05, 4.69) is 21.2 Å². The summed E-state index contributed by atoms with van der Waals surface area (Å²) < 4.78 is 11.1. The summed E-state index contributed by atoms with van der Waals surface area (Å²) in [5, 5.41) is 2.79. The van der Waals surface area contributed by atoms with E-state index in [1.807, 2.05) is 31.2 Å². The normalized spacial score (nSPS) is 19.0. The van der Waals surface area contributed by atoms with Crippen LogP contribution in [0.1, 0.15) is 31.4 Å². The number of carbonyl (C=O) groups is 2. The predicted octanol–water partition coefficient (Wildman–Crippen LogP) is 2.35. The highest BCUT2D eigenvalue weighted by Crippen LogP contribution is 2.16. The second-order valence-electron chi connectivity index (χ2n) is 4.95. The smallest absolute Gasteiger partial charge is 0.335 e. The molecule has 114 valence electrons. The van der Waals surface area contributed by atoms with Gasteiger partial charge < -0.3 is 14.8 Å². The molecule has 0 spiro atoms. The minimum absolute atomic E-state index is 0.146. The molecule has 1 amide bonds. The van der Waals surface area contributed by atoms with Gasteiger partial charge in [-0.1, -0.05) is 28.1 Å². The fourth-order valence-electron chi connectivity index (χ4n) is 2.11. The molecule has 1 aliphatic rings. The van der Waals surface area contributed by atoms with Gasteiger partial charge in [-0.05, 0) is 37.5 Å². The predicted molar refractivity (Wildman–Crippen MR) is 80.6 cm³/mol. The van der Waals surface area contributed by atoms with Gasteiger partial charge in [0.1, 0.15) is 0 Å². The summed E-state index contributed by atoms with van der Waals surface area (Å²) in [5.41, 5.74) is 0.983. The maximum atomic E-state index is 11.8. The van der Waals surface area contributed by atoms with Crippen molar-refractivity contribution in [1.29, 1.82) is 0 Å². The van der Waals surface area contributed by atoms with E-state index in [4.69, 9.17) is 9.47 Å². The Morgan fingerprint density at radius 1 is 1.43 bits per heavy atom. The first-order valence-corrected chi connectivity index (χ1v) is 7.68. The number of halogens is 1. The van der Waals surface area contributed by atoms with Crippen molar-refractivity contribution in [3.63, 3.8) is 0 Å². The third-order valence-electron chi connectivity index (χ3n) is 3.29. The number of hydrogen-bond acceptors (Lipinski definition) is 4. The van der Waals surface area contributed by atoms with Gasteiger partial charge in [0.25, 0.3) is 5.91 Å². The molecule has 0 saturated carbocycles. The Labute approximate surface area is 132 Å². The number of rotatable bonds is 5. The van der Waals surface area contributed by atoms with Crippen LogP contribution in [0.15, 0.2) is 28.7 Å². The van der Waals surface area contributed by atoms with Gasteiger partial charge >= 0.3 is 5.97 Å². The van der Waals surface area contributed by atoms with Crippen molar-refractivity contribution >= 4 is 27.8 Å². The number of benzene rings is 1. The lowest BCUT2D eigenvalue weighted by Crippen LogP contribution is -2.33. The van der Waals surface area contributed by atoms with Crippen molar-refractivity contribution < 1.29 is 19.1 Å². The maximum absolute atomic E-state index is 11.8. The molecule has 2 atom stereocenters. The summed E-state index contributed by atoms with van der Waals surface area (Å²) in [7, 11) is 0. The highest BCUT2D eigenvalue weighted by molar-refractivity contribution is 9.10. The molecule has 1 aromatic rings. The molecule has 1 aromatic carbocycles. The largest absolute Gasteiger partial charge is 0.454 e. The Balaban J connectivity index is 1.75. The Morgan fingerprint density at radius 2 is 2.14 bits per heavy atom. The molecule has 1 saturated heterocycles. The van der Waals surface area contributed by atoms with E-state index in [0.717, 1.165) is 16.5 Å². The van der Waals surface area contributed by atoms with Gasteiger partial charge in [0.05, 0.1) is 6.04 Å². The molecule has 1 aliphatic heterocycles. The van der Waals surface area contributed by atoms with Crippen molar-refractivity contribution in [2.75, 3.05) is 13.2 Å². The summed E-state index contributed by atoms with van der Waals surface area (Å²) in [6, 6.07) is 7.53. The monoisotopic (exact) mass is 355 g/mol. The molecule has 6 heteroatoms. The zero-order chi connectivity index (χ0) is 15.2. The van der Waals surface area contributed by atoms with Crippen LogP contribution in [0.25, 0.3) is 0 Å². The first kappa shape index (κ1) is 16.0. The fourth-order valence-corrected chi connectivity index (χ4v) is 2.38. The van der Waals surface area contributed by atoms with Crippen molar-refractivity contribution in [3.8, 4) is 0 Å². The lowest BCUT2D eigenvalue weighted by molar-refractivity contribution is -0.157. The average Bonchev–Trinajstić information content (AvgIpc) is 2.99. The van der Waals surface area contributed by atoms with Crippen molar-refractivity contribution in [3.05, 3.63) is 34.3 Å². The third kappa shape index (κ3) is 4.82. The van der Waals surface area contributed by atoms with Crippen LogP contribution in [0.5, 0.6) is 0 Å². The minimum atomic E-state index is -0.512. The molecule has 1 heterocycles. The van der Waals surface area contributed by atoms with Gasteiger partial charge in [-0.15, -0.1) is 0 Å². The number of ether oxygens (including phenoxy) is 2. The Morgan fingerprint density at radius 3 is 2.76 bits per heavy atom. The molecule has 1 N–H and O–H groups in total. The number of amides is 1. The number of carbonyl (C=O) groups excluding carboxylic acids is 2. The molecule has 0 radical (unpaired) electrons. The molecule has 0 aromatic heterocycles. The highest BCUT2D eigenvalue weighted by atomic mass is 79.9. The van der Waals surface area contributed by atoms with Crippen LogP contribution >= 0.6 is 15.9 Å². The van der Waals surface area contributed by atoms with Gasteiger partial charge in [0.2, 0.25) is 0 Å². The van der Waals surface area contributed by atoms with Crippen LogP contribution in [-0.2, 0) is 19.1 Å². The van der Waals surface area contributed by atoms with E-state index in [0.29, 0.717) is 13.0 Å². The van der Waals surface area contributed by atoms with Crippen LogP contribution in [0.3, 0.4) is 0 Å². The zero-order valence-corrected chi connectivity index (χ0v) is 13.4. The van der Waals surface area contributed by atoms with Crippen LogP contribution in [-0.4, -0.2) is 31.2 Å². The second kappa shape index (κ2) is 7.56. The Bertz CT molecular complexity index is 497. The third-order valence-corrected chi connectivity index (χ3v) is 3.81. The molecule has 0 bridgehead atoms. The average molecular weight is 356 g/mol. The van der Waals surface area contributed by atoms with E-state index < -0.39 is 12.1 Å². The lowest BCUT2D eigenvalue weighted by atomic mass is 10.1. The molecule has 2 rings (SSSR count). The topological polar surface area (TPSA) is 64.6 Å². The minimum Gasteiger partial charge on any atom is -0.454 e. The van der Waals surface area contributed by atoms with Crippen LogP contribution in [0, 0.1) is 0 Å². The maximum Gasteiger partial charge on any atom is 0.335 e. The first-order valence-electron chi connectivity index (χ1n) is 6.89. The summed E-state index contributed by atoms with van der Waals surface area (Å²) in [5.74, 6) is -0.782. The highest BCUT2D eigenvalue weighted by Gasteiger charge is 2.25. The fraction of sp³-hybridized carbons (Fsp3) is 0.467. The molecule has 0 unspecified atom stereocenters. The quantitative estimate of drug-likeness (QED) is 0.823. The molecular formula is C15H18BrNO4. The van der Waals surface area contributed by atoms with E-state index in [1.54, 1.807) is 0 Å². The first-order chi connectivity index (χ1) is 10.1. The summed E-state index contributed by atoms with van der Waals surface area (Å²) in [4.78, 5) is 23.4. The molecule has 1 fully saturated rings. The SMILES string of the molecule is C[C@@H](NC(=O)COC(=O)[C@@H]1CCCO1)c1ccc(Br)cc1. The zero-order valence-electron chi connectivity index (χ0n) is 11.8. The second-order valence-corrected chi connectivity index (χ2v) is 5.87. The lowest BCUT2D eigenvalue weighted by Gasteiger charge is -2.15. The van der Waals surface area contributed by atoms with Gasteiger partial charge in [0, 0.05) is 11.1 Å². The molecule has 5 nitrogen and oxygen atoms in total. The van der Waals surface area contributed by atoms with E-state index >= 15 is 0 Å². The summed E-state index contributed by atoms with van der Waals surface area (Å²) in [6.07, 6.45) is 1.00.